The summed E-state index contributed by atoms with van der Waals surface area (Å²) in [5.41, 5.74) is 0.593. The third-order valence-corrected chi connectivity index (χ3v) is 5.72. The second-order valence-electron chi connectivity index (χ2n) is 6.55. The molecule has 0 unspecified atom stereocenters. The van der Waals surface area contributed by atoms with E-state index in [-0.39, 0.29) is 23.9 Å². The number of carbonyl (C=O) groups is 3. The molecule has 2 aromatic rings. The molecule has 2 atom stereocenters. The lowest BCUT2D eigenvalue weighted by Gasteiger charge is -2.32. The Labute approximate surface area is 155 Å². The highest BCUT2D eigenvalue weighted by Gasteiger charge is 2.48. The lowest BCUT2D eigenvalue weighted by molar-refractivity contribution is -0.124. The van der Waals surface area contributed by atoms with E-state index < -0.39 is 6.04 Å². The molecular formula is C19H19N3O3S. The molecule has 3 heterocycles. The van der Waals surface area contributed by atoms with Gasteiger partial charge in [-0.25, -0.2) is 9.69 Å². The summed E-state index contributed by atoms with van der Waals surface area (Å²) >= 11 is 1.55. The SMILES string of the molecule is O=C(Cc1cccs1)N[C@H]1CCN2C(=O)N(c3ccccc3)C(=O)[C@H]2C1. The van der Waals surface area contributed by atoms with Crippen LogP contribution in [0.15, 0.2) is 47.8 Å². The summed E-state index contributed by atoms with van der Waals surface area (Å²) in [7, 11) is 0. The van der Waals surface area contributed by atoms with Gasteiger partial charge in [0.2, 0.25) is 5.91 Å². The minimum atomic E-state index is -0.497. The van der Waals surface area contributed by atoms with Crippen molar-refractivity contribution in [3.8, 4) is 0 Å². The first-order chi connectivity index (χ1) is 12.6. The Morgan fingerprint density at radius 2 is 1.96 bits per heavy atom. The van der Waals surface area contributed by atoms with E-state index in [9.17, 15) is 14.4 Å². The van der Waals surface area contributed by atoms with Crippen LogP contribution in [0, 0.1) is 0 Å². The lowest BCUT2D eigenvalue weighted by Crippen LogP contribution is -2.50. The van der Waals surface area contributed by atoms with E-state index >= 15 is 0 Å². The van der Waals surface area contributed by atoms with Gasteiger partial charge in [-0.1, -0.05) is 24.3 Å². The van der Waals surface area contributed by atoms with Gasteiger partial charge in [0.05, 0.1) is 12.1 Å². The zero-order chi connectivity index (χ0) is 18.1. The number of hydrogen-bond acceptors (Lipinski definition) is 4. The Kier molecular flexibility index (Phi) is 4.46. The number of urea groups is 1. The Hall–Kier alpha value is -2.67. The van der Waals surface area contributed by atoms with E-state index in [1.54, 1.807) is 40.5 Å². The summed E-state index contributed by atoms with van der Waals surface area (Å²) in [6.07, 6.45) is 1.48. The van der Waals surface area contributed by atoms with Gasteiger partial charge in [0.1, 0.15) is 6.04 Å². The largest absolute Gasteiger partial charge is 0.353 e. The number of thiophene rings is 1. The van der Waals surface area contributed by atoms with E-state index in [4.69, 9.17) is 0 Å². The number of imide groups is 1. The molecule has 4 rings (SSSR count). The Balaban J connectivity index is 1.43. The predicted octanol–water partition coefficient (Wildman–Crippen LogP) is 2.41. The molecule has 1 aromatic heterocycles. The number of rotatable bonds is 4. The number of carbonyl (C=O) groups excluding carboxylic acids is 3. The second-order valence-corrected chi connectivity index (χ2v) is 7.58. The number of amides is 4. The summed E-state index contributed by atoms with van der Waals surface area (Å²) in [4.78, 5) is 41.5. The highest BCUT2D eigenvalue weighted by Crippen LogP contribution is 2.30. The van der Waals surface area contributed by atoms with Crippen molar-refractivity contribution in [2.75, 3.05) is 11.4 Å². The highest BCUT2D eigenvalue weighted by molar-refractivity contribution is 7.10. The highest BCUT2D eigenvalue weighted by atomic mass is 32.1. The zero-order valence-electron chi connectivity index (χ0n) is 14.1. The van der Waals surface area contributed by atoms with Gasteiger partial charge in [0.15, 0.2) is 0 Å². The van der Waals surface area contributed by atoms with Gasteiger partial charge in [0, 0.05) is 17.5 Å². The van der Waals surface area contributed by atoms with Gasteiger partial charge in [-0.15, -0.1) is 11.3 Å². The summed E-state index contributed by atoms with van der Waals surface area (Å²) in [5, 5.41) is 4.97. The van der Waals surface area contributed by atoms with Crippen LogP contribution in [-0.4, -0.2) is 41.4 Å². The van der Waals surface area contributed by atoms with E-state index in [2.05, 4.69) is 5.32 Å². The van der Waals surface area contributed by atoms with Crippen LogP contribution < -0.4 is 10.2 Å². The molecule has 4 amide bonds. The van der Waals surface area contributed by atoms with Gasteiger partial charge in [-0.3, -0.25) is 9.59 Å². The van der Waals surface area contributed by atoms with Crippen LogP contribution >= 0.6 is 11.3 Å². The van der Waals surface area contributed by atoms with Crippen LogP contribution in [0.3, 0.4) is 0 Å². The van der Waals surface area contributed by atoms with Gasteiger partial charge in [-0.2, -0.15) is 0 Å². The predicted molar refractivity (Wildman–Crippen MR) is 99.0 cm³/mol. The van der Waals surface area contributed by atoms with Crippen molar-refractivity contribution >= 4 is 34.9 Å². The molecule has 2 aliphatic heterocycles. The standard InChI is InChI=1S/C19H19N3O3S/c23-17(12-15-7-4-10-26-15)20-13-8-9-21-16(11-13)18(24)22(19(21)25)14-5-2-1-3-6-14/h1-7,10,13,16H,8-9,11-12H2,(H,20,23)/t13-,16+/m0/s1. The summed E-state index contributed by atoms with van der Waals surface area (Å²) in [6.45, 7) is 0.475. The minimum absolute atomic E-state index is 0.0393. The van der Waals surface area contributed by atoms with Crippen molar-refractivity contribution in [1.82, 2.24) is 10.2 Å². The molecule has 26 heavy (non-hydrogen) atoms. The van der Waals surface area contributed by atoms with Gasteiger partial charge < -0.3 is 10.2 Å². The Bertz CT molecular complexity index is 822. The number of nitrogens with one attached hydrogen (secondary N) is 1. The van der Waals surface area contributed by atoms with Crippen molar-refractivity contribution in [2.24, 2.45) is 0 Å². The van der Waals surface area contributed by atoms with Gasteiger partial charge in [0.25, 0.3) is 5.91 Å². The Morgan fingerprint density at radius 3 is 2.69 bits per heavy atom. The minimum Gasteiger partial charge on any atom is -0.353 e. The lowest BCUT2D eigenvalue weighted by atomic mass is 9.97. The van der Waals surface area contributed by atoms with E-state index in [1.807, 2.05) is 23.6 Å². The fraction of sp³-hybridized carbons (Fsp3) is 0.316. The zero-order valence-corrected chi connectivity index (χ0v) is 14.9. The number of fused-ring (bicyclic) bond motifs is 1. The molecule has 2 fully saturated rings. The Morgan fingerprint density at radius 1 is 1.15 bits per heavy atom. The molecule has 0 aliphatic carbocycles. The van der Waals surface area contributed by atoms with Crippen LogP contribution in [0.4, 0.5) is 10.5 Å². The van der Waals surface area contributed by atoms with Crippen molar-refractivity contribution < 1.29 is 14.4 Å². The summed E-state index contributed by atoms with van der Waals surface area (Å²) in [5.74, 6) is -0.249. The molecule has 0 bridgehead atoms. The van der Waals surface area contributed by atoms with E-state index in [1.165, 1.54) is 4.90 Å². The van der Waals surface area contributed by atoms with Crippen LogP contribution in [0.5, 0.6) is 0 Å². The van der Waals surface area contributed by atoms with Crippen LogP contribution in [-0.2, 0) is 16.0 Å². The molecule has 7 heteroatoms. The molecule has 1 N–H and O–H groups in total. The number of para-hydroxylation sites is 1. The van der Waals surface area contributed by atoms with Crippen LogP contribution in [0.2, 0.25) is 0 Å². The van der Waals surface area contributed by atoms with Crippen LogP contribution in [0.25, 0.3) is 0 Å². The van der Waals surface area contributed by atoms with Crippen LogP contribution in [0.1, 0.15) is 17.7 Å². The van der Waals surface area contributed by atoms with E-state index in [0.29, 0.717) is 31.5 Å². The molecular weight excluding hydrogens is 350 g/mol. The van der Waals surface area contributed by atoms with Crippen molar-refractivity contribution in [3.05, 3.63) is 52.7 Å². The third kappa shape index (κ3) is 3.10. The summed E-state index contributed by atoms with van der Waals surface area (Å²) < 4.78 is 0. The van der Waals surface area contributed by atoms with Gasteiger partial charge >= 0.3 is 6.03 Å². The number of nitrogens with zero attached hydrogens (tertiary/aromatic N) is 2. The fourth-order valence-corrected chi connectivity index (χ4v) is 4.30. The first-order valence-electron chi connectivity index (χ1n) is 8.65. The molecule has 0 radical (unpaired) electrons. The molecule has 0 saturated carbocycles. The average Bonchev–Trinajstić information content (AvgIpc) is 3.23. The maximum atomic E-state index is 12.8. The molecule has 0 spiro atoms. The maximum Gasteiger partial charge on any atom is 0.332 e. The number of piperidine rings is 1. The van der Waals surface area contributed by atoms with Crippen molar-refractivity contribution in [1.29, 1.82) is 0 Å². The normalized spacial score (nSPS) is 22.5. The quantitative estimate of drug-likeness (QED) is 0.842. The monoisotopic (exact) mass is 369 g/mol. The fourth-order valence-electron chi connectivity index (χ4n) is 3.60. The third-order valence-electron chi connectivity index (χ3n) is 4.84. The smallest absolute Gasteiger partial charge is 0.332 e. The van der Waals surface area contributed by atoms with E-state index in [0.717, 1.165) is 4.88 Å². The average molecular weight is 369 g/mol. The second kappa shape index (κ2) is 6.92. The molecule has 134 valence electrons. The topological polar surface area (TPSA) is 69.7 Å². The number of hydrogen-bond donors (Lipinski definition) is 1. The maximum absolute atomic E-state index is 12.8. The first-order valence-corrected chi connectivity index (χ1v) is 9.53. The molecule has 2 aliphatic rings. The van der Waals surface area contributed by atoms with Crippen molar-refractivity contribution in [3.63, 3.8) is 0 Å². The number of benzene rings is 1. The molecule has 2 saturated heterocycles. The first kappa shape index (κ1) is 16.8. The van der Waals surface area contributed by atoms with Crippen molar-refractivity contribution in [2.45, 2.75) is 31.3 Å². The summed E-state index contributed by atoms with van der Waals surface area (Å²) in [6, 6.07) is 12.0. The molecule has 6 nitrogen and oxygen atoms in total. The van der Waals surface area contributed by atoms with Gasteiger partial charge in [-0.05, 0) is 36.4 Å². The molecule has 1 aromatic carbocycles. The number of anilines is 1.